The second kappa shape index (κ2) is 6.35. The van der Waals surface area contributed by atoms with Crippen LogP contribution in [0.5, 0.6) is 0 Å². The number of rotatable bonds is 4. The highest BCUT2D eigenvalue weighted by molar-refractivity contribution is 5.20. The van der Waals surface area contributed by atoms with Gasteiger partial charge in [0.15, 0.2) is 0 Å². The molecule has 18 heavy (non-hydrogen) atoms. The molecule has 0 saturated carbocycles. The van der Waals surface area contributed by atoms with Gasteiger partial charge in [-0.05, 0) is 37.8 Å². The van der Waals surface area contributed by atoms with Crippen molar-refractivity contribution in [2.75, 3.05) is 13.1 Å². The first-order valence-corrected chi connectivity index (χ1v) is 7.27. The quantitative estimate of drug-likeness (QED) is 0.884. The van der Waals surface area contributed by atoms with Crippen LogP contribution in [0, 0.1) is 5.92 Å². The van der Waals surface area contributed by atoms with Crippen molar-refractivity contribution >= 4 is 0 Å². The monoisotopic (exact) mass is 246 g/mol. The zero-order valence-electron chi connectivity index (χ0n) is 11.7. The maximum absolute atomic E-state index is 6.41. The van der Waals surface area contributed by atoms with Crippen LogP contribution in [-0.2, 0) is 0 Å². The maximum Gasteiger partial charge on any atom is 0.0450 e. The van der Waals surface area contributed by atoms with E-state index in [0.717, 1.165) is 5.92 Å². The Hall–Kier alpha value is -0.860. The maximum atomic E-state index is 6.41. The molecule has 0 aromatic heterocycles. The van der Waals surface area contributed by atoms with Crippen molar-refractivity contribution in [1.82, 2.24) is 4.90 Å². The number of nitrogens with two attached hydrogens (primary N) is 1. The van der Waals surface area contributed by atoms with Gasteiger partial charge in [0.1, 0.15) is 0 Å². The van der Waals surface area contributed by atoms with Gasteiger partial charge in [-0.1, -0.05) is 43.7 Å². The van der Waals surface area contributed by atoms with Crippen LogP contribution >= 0.6 is 0 Å². The minimum Gasteiger partial charge on any atom is -0.323 e. The third-order valence-electron chi connectivity index (χ3n) is 4.41. The van der Waals surface area contributed by atoms with E-state index in [9.17, 15) is 0 Å². The van der Waals surface area contributed by atoms with E-state index in [0.29, 0.717) is 6.04 Å². The van der Waals surface area contributed by atoms with Gasteiger partial charge < -0.3 is 5.73 Å². The lowest BCUT2D eigenvalue weighted by Crippen LogP contribution is -2.46. The van der Waals surface area contributed by atoms with Gasteiger partial charge in [-0.3, -0.25) is 4.90 Å². The summed E-state index contributed by atoms with van der Waals surface area (Å²) in [4.78, 5) is 2.58. The SMILES string of the molecule is CCC1CCCN(C(C)C(N)c2ccccc2)C1. The fraction of sp³-hybridized carbons (Fsp3) is 0.625. The first-order valence-electron chi connectivity index (χ1n) is 7.27. The van der Waals surface area contributed by atoms with Gasteiger partial charge in [-0.2, -0.15) is 0 Å². The Bertz CT molecular complexity index is 349. The molecule has 2 nitrogen and oxygen atoms in total. The fourth-order valence-corrected chi connectivity index (χ4v) is 2.98. The van der Waals surface area contributed by atoms with Crippen molar-refractivity contribution in [2.45, 2.75) is 45.2 Å². The van der Waals surface area contributed by atoms with E-state index in [1.54, 1.807) is 0 Å². The molecule has 2 N–H and O–H groups in total. The molecule has 3 unspecified atom stereocenters. The van der Waals surface area contributed by atoms with Gasteiger partial charge in [0.25, 0.3) is 0 Å². The Morgan fingerprint density at radius 2 is 2.06 bits per heavy atom. The summed E-state index contributed by atoms with van der Waals surface area (Å²) in [7, 11) is 0. The highest BCUT2D eigenvalue weighted by Gasteiger charge is 2.26. The molecule has 2 rings (SSSR count). The van der Waals surface area contributed by atoms with Crippen LogP contribution < -0.4 is 5.73 Å². The van der Waals surface area contributed by atoms with Crippen molar-refractivity contribution < 1.29 is 0 Å². The summed E-state index contributed by atoms with van der Waals surface area (Å²) in [6.45, 7) is 7.00. The second-order valence-electron chi connectivity index (χ2n) is 5.59. The van der Waals surface area contributed by atoms with Crippen LogP contribution in [0.15, 0.2) is 30.3 Å². The summed E-state index contributed by atoms with van der Waals surface area (Å²) in [6.07, 6.45) is 4.01. The molecule has 0 spiro atoms. The lowest BCUT2D eigenvalue weighted by Gasteiger charge is -2.39. The Morgan fingerprint density at radius 3 is 2.72 bits per heavy atom. The first-order chi connectivity index (χ1) is 8.72. The van der Waals surface area contributed by atoms with Crippen LogP contribution in [0.25, 0.3) is 0 Å². The third-order valence-corrected chi connectivity index (χ3v) is 4.41. The zero-order chi connectivity index (χ0) is 13.0. The van der Waals surface area contributed by atoms with Crippen molar-refractivity contribution in [3.05, 3.63) is 35.9 Å². The molecular formula is C16H26N2. The standard InChI is InChI=1S/C16H26N2/c1-3-14-8-7-11-18(12-14)13(2)16(17)15-9-5-4-6-10-15/h4-6,9-10,13-14,16H,3,7-8,11-12,17H2,1-2H3. The van der Waals surface area contributed by atoms with Crippen molar-refractivity contribution in [3.63, 3.8) is 0 Å². The van der Waals surface area contributed by atoms with Crippen molar-refractivity contribution in [3.8, 4) is 0 Å². The van der Waals surface area contributed by atoms with Crippen molar-refractivity contribution in [2.24, 2.45) is 11.7 Å². The number of hydrogen-bond acceptors (Lipinski definition) is 2. The number of hydrogen-bond donors (Lipinski definition) is 1. The molecule has 0 aliphatic carbocycles. The summed E-state index contributed by atoms with van der Waals surface area (Å²) >= 11 is 0. The molecule has 1 saturated heterocycles. The highest BCUT2D eigenvalue weighted by atomic mass is 15.2. The van der Waals surface area contributed by atoms with E-state index < -0.39 is 0 Å². The molecular weight excluding hydrogens is 220 g/mol. The molecule has 1 aliphatic heterocycles. The smallest absolute Gasteiger partial charge is 0.0450 e. The van der Waals surface area contributed by atoms with Gasteiger partial charge in [-0.25, -0.2) is 0 Å². The van der Waals surface area contributed by atoms with Gasteiger partial charge in [0.05, 0.1) is 0 Å². The Morgan fingerprint density at radius 1 is 1.33 bits per heavy atom. The minimum atomic E-state index is 0.127. The second-order valence-corrected chi connectivity index (χ2v) is 5.59. The van der Waals surface area contributed by atoms with Crippen LogP contribution in [0.2, 0.25) is 0 Å². The Kier molecular flexibility index (Phi) is 4.79. The minimum absolute atomic E-state index is 0.127. The summed E-state index contributed by atoms with van der Waals surface area (Å²) in [6, 6.07) is 11.0. The number of piperidine rings is 1. The lowest BCUT2D eigenvalue weighted by molar-refractivity contribution is 0.114. The third kappa shape index (κ3) is 3.12. The summed E-state index contributed by atoms with van der Waals surface area (Å²) in [5.41, 5.74) is 7.67. The number of benzene rings is 1. The normalized spacial score (nSPS) is 24.7. The molecule has 100 valence electrons. The summed E-state index contributed by atoms with van der Waals surface area (Å²) in [5.74, 6) is 0.865. The van der Waals surface area contributed by atoms with Crippen molar-refractivity contribution in [1.29, 1.82) is 0 Å². The molecule has 0 amide bonds. The predicted molar refractivity (Wildman–Crippen MR) is 77.4 cm³/mol. The average molecular weight is 246 g/mol. The van der Waals surface area contributed by atoms with E-state index in [1.165, 1.54) is 37.9 Å². The Labute approximate surface area is 111 Å². The lowest BCUT2D eigenvalue weighted by atomic mass is 9.92. The van der Waals surface area contributed by atoms with E-state index in [-0.39, 0.29) is 6.04 Å². The largest absolute Gasteiger partial charge is 0.323 e. The van der Waals surface area contributed by atoms with Crippen LogP contribution in [-0.4, -0.2) is 24.0 Å². The fourth-order valence-electron chi connectivity index (χ4n) is 2.98. The van der Waals surface area contributed by atoms with Gasteiger partial charge in [0.2, 0.25) is 0 Å². The van der Waals surface area contributed by atoms with Crippen LogP contribution in [0.3, 0.4) is 0 Å². The van der Waals surface area contributed by atoms with E-state index in [1.807, 2.05) is 0 Å². The molecule has 1 aromatic carbocycles. The van der Waals surface area contributed by atoms with E-state index in [4.69, 9.17) is 5.73 Å². The van der Waals surface area contributed by atoms with Gasteiger partial charge >= 0.3 is 0 Å². The summed E-state index contributed by atoms with van der Waals surface area (Å²) < 4.78 is 0. The zero-order valence-corrected chi connectivity index (χ0v) is 11.7. The molecule has 3 atom stereocenters. The van der Waals surface area contributed by atoms with Gasteiger partial charge in [-0.15, -0.1) is 0 Å². The first kappa shape index (κ1) is 13.6. The molecule has 1 aliphatic rings. The molecule has 1 aromatic rings. The molecule has 2 heteroatoms. The molecule has 0 bridgehead atoms. The Balaban J connectivity index is 2.00. The summed E-state index contributed by atoms with van der Waals surface area (Å²) in [5, 5.41) is 0. The number of likely N-dealkylation sites (tertiary alicyclic amines) is 1. The average Bonchev–Trinajstić information content (AvgIpc) is 2.46. The van der Waals surface area contributed by atoms with E-state index in [2.05, 4.69) is 49.1 Å². The number of nitrogens with zero attached hydrogens (tertiary/aromatic N) is 1. The molecule has 1 fully saturated rings. The van der Waals surface area contributed by atoms with E-state index >= 15 is 0 Å². The highest BCUT2D eigenvalue weighted by Crippen LogP contribution is 2.25. The van der Waals surface area contributed by atoms with Gasteiger partial charge in [0, 0.05) is 18.6 Å². The topological polar surface area (TPSA) is 29.3 Å². The molecule has 1 heterocycles. The van der Waals surface area contributed by atoms with Crippen LogP contribution in [0.4, 0.5) is 0 Å². The molecule has 0 radical (unpaired) electrons. The van der Waals surface area contributed by atoms with Crippen LogP contribution in [0.1, 0.15) is 44.7 Å². The predicted octanol–water partition coefficient (Wildman–Crippen LogP) is 3.20.